The number of nitrogens with zero attached hydrogens (tertiary/aromatic N) is 2. The van der Waals surface area contributed by atoms with Gasteiger partial charge in [0.2, 0.25) is 15.8 Å². The number of carbonyl (C=O) groups excluding carboxylic acids is 2. The van der Waals surface area contributed by atoms with Crippen LogP contribution in [0.15, 0.2) is 123 Å². The molecule has 1 aliphatic heterocycles. The lowest BCUT2D eigenvalue weighted by Crippen LogP contribution is -2.30. The Labute approximate surface area is 249 Å². The van der Waals surface area contributed by atoms with Gasteiger partial charge >= 0.3 is 5.97 Å². The normalized spacial score (nSPS) is 14.7. The number of hydrogen-bond acceptors (Lipinski definition) is 7. The standard InChI is InChI=1S/C32H27ClN2O6S/c1-22-30(32(37)40-2)31(36)29(35(22)25-9-5-3-6-10-25)19-26-17-18-27(41-26)21-34(20-23-13-15-24(33)16-14-23)42(38,39)28-11-7-4-8-12-28/h3-19H,20-21H2,1-2H3/b29-19+. The lowest BCUT2D eigenvalue weighted by molar-refractivity contribution is -0.137. The monoisotopic (exact) mass is 602 g/mol. The fourth-order valence-electron chi connectivity index (χ4n) is 4.70. The second-order valence-corrected chi connectivity index (χ2v) is 11.9. The van der Waals surface area contributed by atoms with Crippen LogP contribution in [0.4, 0.5) is 5.69 Å². The fourth-order valence-corrected chi connectivity index (χ4v) is 6.24. The minimum atomic E-state index is -3.90. The van der Waals surface area contributed by atoms with Crippen molar-refractivity contribution in [3.8, 4) is 0 Å². The van der Waals surface area contributed by atoms with Gasteiger partial charge in [0.15, 0.2) is 0 Å². The highest BCUT2D eigenvalue weighted by Crippen LogP contribution is 2.36. The zero-order valence-corrected chi connectivity index (χ0v) is 24.4. The van der Waals surface area contributed by atoms with Crippen LogP contribution in [-0.4, -0.2) is 31.6 Å². The third kappa shape index (κ3) is 5.94. The molecule has 0 amide bonds. The van der Waals surface area contributed by atoms with Crippen molar-refractivity contribution in [2.45, 2.75) is 24.9 Å². The first-order valence-electron chi connectivity index (χ1n) is 13.0. The van der Waals surface area contributed by atoms with Crippen LogP contribution in [0.1, 0.15) is 24.0 Å². The maximum Gasteiger partial charge on any atom is 0.343 e. The number of methoxy groups -OCH3 is 1. The van der Waals surface area contributed by atoms with Crippen LogP contribution >= 0.6 is 11.6 Å². The van der Waals surface area contributed by atoms with Gasteiger partial charge in [0.25, 0.3) is 0 Å². The lowest BCUT2D eigenvalue weighted by atomic mass is 10.1. The molecule has 4 aromatic rings. The van der Waals surface area contributed by atoms with Crippen LogP contribution in [0.3, 0.4) is 0 Å². The molecule has 0 saturated carbocycles. The van der Waals surface area contributed by atoms with Gasteiger partial charge in [0.05, 0.1) is 24.2 Å². The van der Waals surface area contributed by atoms with Crippen LogP contribution in [0, 0.1) is 0 Å². The van der Waals surface area contributed by atoms with Crippen molar-refractivity contribution >= 4 is 45.1 Å². The highest BCUT2D eigenvalue weighted by Gasteiger charge is 2.38. The molecule has 2 heterocycles. The summed E-state index contributed by atoms with van der Waals surface area (Å²) in [7, 11) is -2.67. The Morgan fingerprint density at radius 3 is 2.21 bits per heavy atom. The zero-order chi connectivity index (χ0) is 29.9. The predicted octanol–water partition coefficient (Wildman–Crippen LogP) is 6.20. The van der Waals surface area contributed by atoms with Gasteiger partial charge in [-0.2, -0.15) is 4.31 Å². The van der Waals surface area contributed by atoms with E-state index in [4.69, 9.17) is 20.8 Å². The number of furan rings is 1. The van der Waals surface area contributed by atoms with E-state index in [-0.39, 0.29) is 29.3 Å². The molecule has 10 heteroatoms. The van der Waals surface area contributed by atoms with E-state index in [1.165, 1.54) is 17.5 Å². The van der Waals surface area contributed by atoms with Crippen LogP contribution in [0.25, 0.3) is 6.08 Å². The topological polar surface area (TPSA) is 97.1 Å². The third-order valence-electron chi connectivity index (χ3n) is 6.75. The van der Waals surface area contributed by atoms with Crippen molar-refractivity contribution < 1.29 is 27.2 Å². The van der Waals surface area contributed by atoms with E-state index in [1.54, 1.807) is 78.6 Å². The Balaban J connectivity index is 1.48. The van der Waals surface area contributed by atoms with Gasteiger partial charge in [-0.15, -0.1) is 0 Å². The molecule has 0 aliphatic carbocycles. The average Bonchev–Trinajstić information content (AvgIpc) is 3.54. The van der Waals surface area contributed by atoms with E-state index in [1.807, 2.05) is 30.3 Å². The molecule has 0 N–H and O–H groups in total. The average molecular weight is 603 g/mol. The summed E-state index contributed by atoms with van der Waals surface area (Å²) in [5, 5.41) is 0.547. The van der Waals surface area contributed by atoms with Crippen molar-refractivity contribution in [3.63, 3.8) is 0 Å². The summed E-state index contributed by atoms with van der Waals surface area (Å²) in [6, 6.07) is 27.6. The molecule has 0 bridgehead atoms. The molecule has 1 aliphatic rings. The number of halogens is 1. The van der Waals surface area contributed by atoms with Crippen LogP contribution in [0.2, 0.25) is 5.02 Å². The van der Waals surface area contributed by atoms with Gasteiger partial charge < -0.3 is 14.1 Å². The first-order valence-corrected chi connectivity index (χ1v) is 14.8. The van der Waals surface area contributed by atoms with Gasteiger partial charge in [-0.3, -0.25) is 4.79 Å². The predicted molar refractivity (Wildman–Crippen MR) is 160 cm³/mol. The largest absolute Gasteiger partial charge is 0.465 e. The molecule has 8 nitrogen and oxygen atoms in total. The van der Waals surface area contributed by atoms with Crippen molar-refractivity contribution in [1.29, 1.82) is 0 Å². The molecular weight excluding hydrogens is 576 g/mol. The molecule has 0 spiro atoms. The van der Waals surface area contributed by atoms with Gasteiger partial charge in [-0.1, -0.05) is 60.1 Å². The molecule has 0 saturated heterocycles. The summed E-state index contributed by atoms with van der Waals surface area (Å²) in [4.78, 5) is 27.7. The molecule has 0 unspecified atom stereocenters. The van der Waals surface area contributed by atoms with Crippen LogP contribution < -0.4 is 4.90 Å². The van der Waals surface area contributed by atoms with E-state index < -0.39 is 21.8 Å². The summed E-state index contributed by atoms with van der Waals surface area (Å²) < 4.78 is 39.5. The molecule has 1 aromatic heterocycles. The summed E-state index contributed by atoms with van der Waals surface area (Å²) in [6.07, 6.45) is 1.54. The molecule has 5 rings (SSSR count). The molecule has 42 heavy (non-hydrogen) atoms. The maximum absolute atomic E-state index is 13.6. The summed E-state index contributed by atoms with van der Waals surface area (Å²) >= 11 is 6.03. The van der Waals surface area contributed by atoms with Crippen molar-refractivity contribution in [3.05, 3.63) is 136 Å². The molecule has 0 atom stereocenters. The number of benzene rings is 3. The highest BCUT2D eigenvalue weighted by molar-refractivity contribution is 7.89. The van der Waals surface area contributed by atoms with E-state index in [9.17, 15) is 18.0 Å². The SMILES string of the molecule is COC(=O)C1=C(C)N(c2ccccc2)/C(=C/c2ccc(CN(Cc3ccc(Cl)cc3)S(=O)(=O)c3ccccc3)o2)C1=O. The number of para-hydroxylation sites is 1. The van der Waals surface area contributed by atoms with Gasteiger partial charge in [0, 0.05) is 29.0 Å². The maximum atomic E-state index is 13.6. The number of esters is 1. The van der Waals surface area contributed by atoms with E-state index >= 15 is 0 Å². The zero-order valence-electron chi connectivity index (χ0n) is 22.9. The minimum absolute atomic E-state index is 0.0654. The van der Waals surface area contributed by atoms with E-state index in [0.717, 1.165) is 5.56 Å². The Bertz CT molecular complexity index is 1780. The second kappa shape index (κ2) is 12.2. The Hall–Kier alpha value is -4.44. The Kier molecular flexibility index (Phi) is 8.44. The number of carbonyl (C=O) groups is 2. The second-order valence-electron chi connectivity index (χ2n) is 9.50. The summed E-state index contributed by atoms with van der Waals surface area (Å²) in [5.41, 5.74) is 2.00. The summed E-state index contributed by atoms with van der Waals surface area (Å²) in [5.74, 6) is -0.551. The van der Waals surface area contributed by atoms with Crippen molar-refractivity contribution in [2.75, 3.05) is 12.0 Å². The quantitative estimate of drug-likeness (QED) is 0.128. The molecule has 0 fully saturated rings. The number of allylic oxidation sites excluding steroid dienone is 2. The third-order valence-corrected chi connectivity index (χ3v) is 8.81. The van der Waals surface area contributed by atoms with Crippen LogP contribution in [-0.2, 0) is 37.4 Å². The number of sulfonamides is 1. The fraction of sp³-hybridized carbons (Fsp3) is 0.125. The first-order chi connectivity index (χ1) is 20.2. The minimum Gasteiger partial charge on any atom is -0.465 e. The first kappa shape index (κ1) is 29.1. The summed E-state index contributed by atoms with van der Waals surface area (Å²) in [6.45, 7) is 1.69. The number of ketones is 1. The van der Waals surface area contributed by atoms with Crippen LogP contribution in [0.5, 0.6) is 0 Å². The Morgan fingerprint density at radius 2 is 1.57 bits per heavy atom. The number of Topliss-reactive ketones (excluding diaryl/α,β-unsaturated/α-hetero) is 1. The Morgan fingerprint density at radius 1 is 0.929 bits per heavy atom. The highest BCUT2D eigenvalue weighted by atomic mass is 35.5. The van der Waals surface area contributed by atoms with Gasteiger partial charge in [0.1, 0.15) is 17.1 Å². The number of rotatable bonds is 9. The number of hydrogen-bond donors (Lipinski definition) is 0. The van der Waals surface area contributed by atoms with Crippen molar-refractivity contribution in [2.24, 2.45) is 0 Å². The molecule has 214 valence electrons. The van der Waals surface area contributed by atoms with Crippen molar-refractivity contribution in [1.82, 2.24) is 4.31 Å². The smallest absolute Gasteiger partial charge is 0.343 e. The van der Waals surface area contributed by atoms with Gasteiger partial charge in [-0.05, 0) is 61.0 Å². The van der Waals surface area contributed by atoms with Gasteiger partial charge in [-0.25, -0.2) is 13.2 Å². The number of ether oxygens (including phenoxy) is 1. The molecular formula is C32H27ClN2O6S. The van der Waals surface area contributed by atoms with E-state index in [2.05, 4.69) is 0 Å². The molecule has 0 radical (unpaired) electrons. The van der Waals surface area contributed by atoms with E-state index in [0.29, 0.717) is 27.9 Å². The molecule has 3 aromatic carbocycles. The lowest BCUT2D eigenvalue weighted by Gasteiger charge is -2.22. The number of anilines is 1.